The molecule has 1 atom stereocenters. The van der Waals surface area contributed by atoms with Crippen LogP contribution in [0.4, 0.5) is 17.1 Å². The van der Waals surface area contributed by atoms with Gasteiger partial charge in [0.1, 0.15) is 0 Å². The fraction of sp³-hybridized carbons (Fsp3) is 0.538. The summed E-state index contributed by atoms with van der Waals surface area (Å²) < 4.78 is 8.95. The van der Waals surface area contributed by atoms with Gasteiger partial charge in [-0.1, -0.05) is 0 Å². The Labute approximate surface area is 108 Å². The van der Waals surface area contributed by atoms with Gasteiger partial charge < -0.3 is 0 Å². The molecule has 0 spiro atoms. The van der Waals surface area contributed by atoms with Gasteiger partial charge in [-0.05, 0) is 0 Å². The summed E-state index contributed by atoms with van der Waals surface area (Å²) in [6.45, 7) is 4.71. The fourth-order valence-corrected chi connectivity index (χ4v) is 3.86. The molecule has 0 saturated heterocycles. The van der Waals surface area contributed by atoms with Crippen LogP contribution in [-0.4, -0.2) is 20.6 Å². The van der Waals surface area contributed by atoms with Gasteiger partial charge in [-0.2, -0.15) is 0 Å². The van der Waals surface area contributed by atoms with E-state index in [4.69, 9.17) is 0 Å². The van der Waals surface area contributed by atoms with E-state index in [1.54, 1.807) is 0 Å². The van der Waals surface area contributed by atoms with E-state index in [1.165, 1.54) is 24.9 Å². The summed E-state index contributed by atoms with van der Waals surface area (Å²) >= 11 is 0.0608. The average Bonchev–Trinajstić information content (AvgIpc) is 2.86. The van der Waals surface area contributed by atoms with Gasteiger partial charge in [0.2, 0.25) is 0 Å². The van der Waals surface area contributed by atoms with Crippen LogP contribution < -0.4 is 5.32 Å². The predicted molar refractivity (Wildman–Crippen MR) is 71.4 cm³/mol. The predicted octanol–water partition coefficient (Wildman–Crippen LogP) is 4.03. The Kier molecular flexibility index (Phi) is 2.72. The van der Waals surface area contributed by atoms with Crippen LogP contribution >= 0.6 is 0 Å². The third-order valence-electron chi connectivity index (χ3n) is 3.87. The summed E-state index contributed by atoms with van der Waals surface area (Å²) in [5, 5.41) is 3.69. The number of nitrogens with one attached hydrogen (secondary N) is 1. The minimum atomic E-state index is 0.0608. The first-order chi connectivity index (χ1) is 8.17. The standard InChI is InChI=1S/C13H17N3Se/c1-13(2)8-4-7-11(13)14-9-5-3-6-10-12(9)16-17-15-10/h3,5-6,11,14H,4,7-8H2,1-2H3. The number of hydrogen-bond donors (Lipinski definition) is 1. The van der Waals surface area contributed by atoms with E-state index in [0.717, 1.165) is 11.4 Å². The number of fused-ring (bicyclic) bond motifs is 1. The maximum atomic E-state index is 4.52. The molecular formula is C13H17N3Se. The van der Waals surface area contributed by atoms with E-state index in [1.807, 2.05) is 0 Å². The molecule has 1 saturated carbocycles. The molecule has 1 aliphatic carbocycles. The number of hydrogen-bond acceptors (Lipinski definition) is 3. The number of nitrogens with zero attached hydrogens (tertiary/aromatic N) is 2. The van der Waals surface area contributed by atoms with Crippen molar-refractivity contribution >= 4 is 31.6 Å². The third-order valence-corrected chi connectivity index (χ3v) is 5.01. The zero-order chi connectivity index (χ0) is 11.9. The van der Waals surface area contributed by atoms with E-state index < -0.39 is 0 Å². The molecule has 1 aliphatic heterocycles. The molecule has 0 aromatic heterocycles. The van der Waals surface area contributed by atoms with Crippen molar-refractivity contribution in [1.82, 2.24) is 0 Å². The summed E-state index contributed by atoms with van der Waals surface area (Å²) in [4.78, 5) is 0. The molecule has 0 radical (unpaired) electrons. The Hall–Kier alpha value is -0.861. The van der Waals surface area contributed by atoms with Gasteiger partial charge >= 0.3 is 108 Å². The van der Waals surface area contributed by atoms with E-state index in [9.17, 15) is 0 Å². The van der Waals surface area contributed by atoms with E-state index in [0.29, 0.717) is 11.5 Å². The Morgan fingerprint density at radius 1 is 1.35 bits per heavy atom. The number of rotatable bonds is 2. The first-order valence-electron chi connectivity index (χ1n) is 6.15. The summed E-state index contributed by atoms with van der Waals surface area (Å²) in [6, 6.07) is 6.83. The van der Waals surface area contributed by atoms with E-state index in [-0.39, 0.29) is 14.6 Å². The zero-order valence-corrected chi connectivity index (χ0v) is 11.9. The summed E-state index contributed by atoms with van der Waals surface area (Å²) in [7, 11) is 0. The van der Waals surface area contributed by atoms with Crippen molar-refractivity contribution in [2.75, 3.05) is 5.32 Å². The van der Waals surface area contributed by atoms with Gasteiger partial charge in [-0.3, -0.25) is 0 Å². The first-order valence-corrected chi connectivity index (χ1v) is 7.68. The Morgan fingerprint density at radius 3 is 3.00 bits per heavy atom. The van der Waals surface area contributed by atoms with Gasteiger partial charge in [-0.15, -0.1) is 0 Å². The van der Waals surface area contributed by atoms with Crippen molar-refractivity contribution in [2.24, 2.45) is 13.3 Å². The van der Waals surface area contributed by atoms with Crippen LogP contribution in [0.15, 0.2) is 26.1 Å². The third kappa shape index (κ3) is 2.00. The Bertz CT molecular complexity index is 515. The molecule has 17 heavy (non-hydrogen) atoms. The van der Waals surface area contributed by atoms with Gasteiger partial charge in [0.05, 0.1) is 0 Å². The number of anilines is 1. The van der Waals surface area contributed by atoms with Gasteiger partial charge in [0.15, 0.2) is 0 Å². The molecule has 0 bridgehead atoms. The van der Waals surface area contributed by atoms with E-state index >= 15 is 0 Å². The summed E-state index contributed by atoms with van der Waals surface area (Å²) in [6.07, 6.45) is 3.90. The van der Waals surface area contributed by atoms with Crippen molar-refractivity contribution < 1.29 is 0 Å². The monoisotopic (exact) mass is 295 g/mol. The van der Waals surface area contributed by atoms with Gasteiger partial charge in [-0.25, -0.2) is 0 Å². The first kappa shape index (κ1) is 11.2. The average molecular weight is 294 g/mol. The van der Waals surface area contributed by atoms with Crippen LogP contribution in [0.5, 0.6) is 0 Å². The van der Waals surface area contributed by atoms with E-state index in [2.05, 4.69) is 45.3 Å². The molecule has 0 amide bonds. The molecule has 4 heteroatoms. The normalized spacial score (nSPS) is 24.5. The number of benzene rings is 1. The molecule has 2 aliphatic rings. The second-order valence-corrected chi connectivity index (χ2v) is 6.62. The molecule has 1 fully saturated rings. The second-order valence-electron chi connectivity index (χ2n) is 5.52. The van der Waals surface area contributed by atoms with Crippen LogP contribution in [0.3, 0.4) is 0 Å². The van der Waals surface area contributed by atoms with Crippen LogP contribution in [0.2, 0.25) is 0 Å². The molecule has 3 nitrogen and oxygen atoms in total. The molecule has 1 aromatic rings. The van der Waals surface area contributed by atoms with Crippen molar-refractivity contribution in [3.63, 3.8) is 0 Å². The Morgan fingerprint density at radius 2 is 2.24 bits per heavy atom. The molecule has 1 aromatic carbocycles. The van der Waals surface area contributed by atoms with Crippen LogP contribution in [0.1, 0.15) is 33.1 Å². The molecular weight excluding hydrogens is 277 g/mol. The summed E-state index contributed by atoms with van der Waals surface area (Å²) in [5.41, 5.74) is 3.70. The molecule has 3 rings (SSSR count). The fourth-order valence-electron chi connectivity index (χ4n) is 2.70. The van der Waals surface area contributed by atoms with Crippen molar-refractivity contribution in [3.05, 3.63) is 18.2 Å². The quantitative estimate of drug-likeness (QED) is 0.834. The Balaban J connectivity index is 1.87. The zero-order valence-electron chi connectivity index (χ0n) is 10.2. The SMILES string of the molecule is CC1(C)CCCC1Nc1cccc2c1N=[Se]=N2. The van der Waals surface area contributed by atoms with Gasteiger partial charge in [0.25, 0.3) is 0 Å². The van der Waals surface area contributed by atoms with Crippen molar-refractivity contribution in [3.8, 4) is 0 Å². The summed E-state index contributed by atoms with van der Waals surface area (Å²) in [5.74, 6) is 0. The van der Waals surface area contributed by atoms with Crippen molar-refractivity contribution in [1.29, 1.82) is 0 Å². The van der Waals surface area contributed by atoms with Gasteiger partial charge in [0, 0.05) is 0 Å². The molecule has 1 heterocycles. The molecule has 1 N–H and O–H groups in total. The van der Waals surface area contributed by atoms with Crippen LogP contribution in [0.25, 0.3) is 0 Å². The minimum absolute atomic E-state index is 0.0608. The van der Waals surface area contributed by atoms with Crippen LogP contribution in [-0.2, 0) is 0 Å². The maximum absolute atomic E-state index is 4.52. The molecule has 1 unspecified atom stereocenters. The molecule has 90 valence electrons. The second kappa shape index (κ2) is 4.11. The van der Waals surface area contributed by atoms with Crippen LogP contribution in [0, 0.1) is 5.41 Å². The topological polar surface area (TPSA) is 36.8 Å². The van der Waals surface area contributed by atoms with Crippen molar-refractivity contribution in [2.45, 2.75) is 39.2 Å².